The van der Waals surface area contributed by atoms with Gasteiger partial charge in [-0.15, -0.1) is 10.2 Å². The molecule has 46 heavy (non-hydrogen) atoms. The van der Waals surface area contributed by atoms with Crippen molar-refractivity contribution in [2.45, 2.75) is 51.5 Å². The Morgan fingerprint density at radius 1 is 1.09 bits per heavy atom. The lowest BCUT2D eigenvalue weighted by Gasteiger charge is -2.21. The van der Waals surface area contributed by atoms with E-state index in [9.17, 15) is 23.2 Å². The molecule has 234 valence electrons. The molecule has 1 fully saturated rings. The second-order valence-corrected chi connectivity index (χ2v) is 11.4. The predicted octanol–water partition coefficient (Wildman–Crippen LogP) is 5.90. The summed E-state index contributed by atoms with van der Waals surface area (Å²) in [5, 5.41) is 30.0. The van der Waals surface area contributed by atoms with E-state index in [0.29, 0.717) is 58.6 Å². The van der Waals surface area contributed by atoms with Crippen LogP contribution in [-0.4, -0.2) is 49.7 Å². The summed E-state index contributed by atoms with van der Waals surface area (Å²) in [6.07, 6.45) is -0.910. The Balaban J connectivity index is 1.45. The van der Waals surface area contributed by atoms with E-state index in [4.69, 9.17) is 5.26 Å². The number of carbonyl (C=O) groups excluding carboxylic acids is 1. The second-order valence-electron chi connectivity index (χ2n) is 11.4. The number of pyridine rings is 1. The second kappa shape index (κ2) is 12.3. The zero-order valence-electron chi connectivity index (χ0n) is 25.3. The summed E-state index contributed by atoms with van der Waals surface area (Å²) < 4.78 is 45.0. The van der Waals surface area contributed by atoms with Gasteiger partial charge in [0.15, 0.2) is 5.82 Å². The summed E-state index contributed by atoms with van der Waals surface area (Å²) in [4.78, 5) is 21.9. The molecule has 2 aromatic carbocycles. The predicted molar refractivity (Wildman–Crippen MR) is 164 cm³/mol. The molecule has 6 rings (SSSR count). The van der Waals surface area contributed by atoms with Crippen LogP contribution in [0.1, 0.15) is 58.8 Å². The van der Waals surface area contributed by atoms with Crippen LogP contribution in [0.2, 0.25) is 0 Å². The molecule has 1 amide bonds. The first-order valence-corrected chi connectivity index (χ1v) is 14.9. The number of alkyl halides is 3. The zero-order chi connectivity index (χ0) is 32.6. The van der Waals surface area contributed by atoms with E-state index in [2.05, 4.69) is 37.5 Å². The maximum Gasteiger partial charge on any atom is 0.416 e. The molecule has 2 aromatic heterocycles. The van der Waals surface area contributed by atoms with Crippen LogP contribution in [0.5, 0.6) is 0 Å². The molecule has 10 nitrogen and oxygen atoms in total. The summed E-state index contributed by atoms with van der Waals surface area (Å²) in [6.45, 7) is 2.94. The van der Waals surface area contributed by atoms with Crippen LogP contribution in [0, 0.1) is 22.7 Å². The standard InChI is InChI=1S/C33H30F3N9O/c1-3-44(23-6-7-23)17-21-12-26-27(28(13-21)33(34,35)36)18-45(32(26)46)30-15-22(14-29(41-30)39-10-4-9-37)25-11-20(16-38)5-8-24(25)31-42-40-19-43(31)2/h5,8,11-15,19,23H,3-4,6-7,10,17-18H2,1-2H3,(H,39,41). The first kappa shape index (κ1) is 30.7. The highest BCUT2D eigenvalue weighted by Gasteiger charge is 2.41. The van der Waals surface area contributed by atoms with Gasteiger partial charge in [-0.05, 0) is 84.1 Å². The number of hydrogen-bond acceptors (Lipinski definition) is 8. The molecular formula is C33H30F3N9O. The Kier molecular flexibility index (Phi) is 8.19. The monoisotopic (exact) mass is 625 g/mol. The van der Waals surface area contributed by atoms with Crippen molar-refractivity contribution < 1.29 is 18.0 Å². The van der Waals surface area contributed by atoms with E-state index in [1.165, 1.54) is 11.0 Å². The van der Waals surface area contributed by atoms with Crippen LogP contribution in [0.25, 0.3) is 22.5 Å². The van der Waals surface area contributed by atoms with Crippen molar-refractivity contribution in [2.75, 3.05) is 23.3 Å². The normalized spacial score (nSPS) is 14.3. The summed E-state index contributed by atoms with van der Waals surface area (Å²) in [6, 6.07) is 15.7. The minimum atomic E-state index is -4.66. The summed E-state index contributed by atoms with van der Waals surface area (Å²) >= 11 is 0. The minimum Gasteiger partial charge on any atom is -0.369 e. The molecule has 0 bridgehead atoms. The average Bonchev–Trinajstić information content (AvgIpc) is 3.72. The number of benzene rings is 2. The maximum absolute atomic E-state index is 14.4. The number of anilines is 2. The van der Waals surface area contributed by atoms with Gasteiger partial charge in [-0.2, -0.15) is 23.7 Å². The van der Waals surface area contributed by atoms with Crippen LogP contribution in [0.3, 0.4) is 0 Å². The largest absolute Gasteiger partial charge is 0.416 e. The molecule has 0 radical (unpaired) electrons. The fourth-order valence-electron chi connectivity index (χ4n) is 5.89. The molecule has 4 aromatic rings. The molecule has 1 aliphatic heterocycles. The molecule has 13 heteroatoms. The Hall–Kier alpha value is -5.27. The van der Waals surface area contributed by atoms with Gasteiger partial charge < -0.3 is 9.88 Å². The number of nitrogens with one attached hydrogen (secondary N) is 1. The van der Waals surface area contributed by atoms with Crippen LogP contribution < -0.4 is 10.2 Å². The lowest BCUT2D eigenvalue weighted by molar-refractivity contribution is -0.138. The van der Waals surface area contributed by atoms with E-state index in [1.807, 2.05) is 6.92 Å². The van der Waals surface area contributed by atoms with Crippen molar-refractivity contribution in [1.29, 1.82) is 10.5 Å². The van der Waals surface area contributed by atoms with Gasteiger partial charge in [0, 0.05) is 37.3 Å². The van der Waals surface area contributed by atoms with Crippen LogP contribution in [0.4, 0.5) is 24.8 Å². The van der Waals surface area contributed by atoms with Crippen molar-refractivity contribution in [3.05, 3.63) is 76.6 Å². The SMILES string of the molecule is CCN(Cc1cc2c(c(C(F)(F)F)c1)CN(c1cc(-c3cc(C#N)ccc3-c3nncn3C)cc(NCCC#N)n1)C2=O)C1CC1. The molecule has 1 N–H and O–H groups in total. The van der Waals surface area contributed by atoms with E-state index in [1.54, 1.807) is 54.3 Å². The Morgan fingerprint density at radius 3 is 2.54 bits per heavy atom. The number of rotatable bonds is 10. The van der Waals surface area contributed by atoms with Gasteiger partial charge in [-0.25, -0.2) is 4.98 Å². The Morgan fingerprint density at radius 2 is 1.89 bits per heavy atom. The lowest BCUT2D eigenvalue weighted by atomic mass is 9.97. The molecule has 3 heterocycles. The summed E-state index contributed by atoms with van der Waals surface area (Å²) in [5.74, 6) is 0.393. The summed E-state index contributed by atoms with van der Waals surface area (Å²) in [5.41, 5.74) is 1.69. The van der Waals surface area contributed by atoms with Gasteiger partial charge in [-0.3, -0.25) is 14.6 Å². The summed E-state index contributed by atoms with van der Waals surface area (Å²) in [7, 11) is 1.78. The number of fused-ring (bicyclic) bond motifs is 1. The first-order valence-electron chi connectivity index (χ1n) is 14.9. The van der Waals surface area contributed by atoms with Gasteiger partial charge in [0.25, 0.3) is 5.91 Å². The number of nitrogens with zero attached hydrogens (tertiary/aromatic N) is 8. The van der Waals surface area contributed by atoms with Crippen LogP contribution in [-0.2, 0) is 26.3 Å². The van der Waals surface area contributed by atoms with E-state index in [-0.39, 0.29) is 36.5 Å². The van der Waals surface area contributed by atoms with E-state index < -0.39 is 17.6 Å². The number of aryl methyl sites for hydroxylation is 1. The Labute approximate surface area is 263 Å². The van der Waals surface area contributed by atoms with Gasteiger partial charge in [0.1, 0.15) is 18.0 Å². The van der Waals surface area contributed by atoms with E-state index >= 15 is 0 Å². The highest BCUT2D eigenvalue weighted by molar-refractivity contribution is 6.10. The fourth-order valence-corrected chi connectivity index (χ4v) is 5.89. The average molecular weight is 626 g/mol. The van der Waals surface area contributed by atoms with Gasteiger partial charge in [-0.1, -0.05) is 6.92 Å². The third kappa shape index (κ3) is 6.02. The van der Waals surface area contributed by atoms with Crippen molar-refractivity contribution in [3.63, 3.8) is 0 Å². The first-order chi connectivity index (χ1) is 22.1. The van der Waals surface area contributed by atoms with Crippen molar-refractivity contribution in [1.82, 2.24) is 24.6 Å². The van der Waals surface area contributed by atoms with Crippen molar-refractivity contribution in [3.8, 4) is 34.7 Å². The molecule has 0 atom stereocenters. The third-order valence-electron chi connectivity index (χ3n) is 8.31. The smallest absolute Gasteiger partial charge is 0.369 e. The fraction of sp³-hybridized carbons (Fsp3) is 0.333. The topological polar surface area (TPSA) is 127 Å². The van der Waals surface area contributed by atoms with Crippen LogP contribution >= 0.6 is 0 Å². The van der Waals surface area contributed by atoms with Gasteiger partial charge in [0.2, 0.25) is 0 Å². The van der Waals surface area contributed by atoms with Crippen LogP contribution in [0.15, 0.2) is 48.8 Å². The highest BCUT2D eigenvalue weighted by Crippen LogP contribution is 2.41. The van der Waals surface area contributed by atoms with E-state index in [0.717, 1.165) is 12.8 Å². The molecule has 0 saturated heterocycles. The highest BCUT2D eigenvalue weighted by atomic mass is 19.4. The number of amides is 1. The maximum atomic E-state index is 14.4. The molecule has 0 spiro atoms. The van der Waals surface area contributed by atoms with Gasteiger partial charge in [0.05, 0.1) is 36.2 Å². The quantitative estimate of drug-likeness (QED) is 0.216. The number of aromatic nitrogens is 4. The molecular weight excluding hydrogens is 595 g/mol. The number of halogens is 3. The number of carbonyl (C=O) groups is 1. The molecule has 2 aliphatic rings. The molecule has 0 unspecified atom stereocenters. The van der Waals surface area contributed by atoms with Crippen molar-refractivity contribution >= 4 is 17.5 Å². The Bertz CT molecular complexity index is 1900. The minimum absolute atomic E-state index is 0.00844. The molecule has 1 saturated carbocycles. The lowest BCUT2D eigenvalue weighted by Crippen LogP contribution is -2.26. The van der Waals surface area contributed by atoms with Crippen molar-refractivity contribution in [2.24, 2.45) is 7.05 Å². The third-order valence-corrected chi connectivity index (χ3v) is 8.31. The van der Waals surface area contributed by atoms with Gasteiger partial charge >= 0.3 is 6.18 Å². The zero-order valence-corrected chi connectivity index (χ0v) is 25.3. The number of nitriles is 2. The number of hydrogen-bond donors (Lipinski definition) is 1. The molecule has 1 aliphatic carbocycles.